The normalized spacial score (nSPS) is 17.8. The van der Waals surface area contributed by atoms with Crippen LogP contribution in [-0.2, 0) is 4.74 Å². The number of aryl methyl sites for hydroxylation is 1. The summed E-state index contributed by atoms with van der Waals surface area (Å²) in [5.41, 5.74) is 2.09. The van der Waals surface area contributed by atoms with Gasteiger partial charge in [0.05, 0.1) is 29.0 Å². The Kier molecular flexibility index (Phi) is 4.46. The Morgan fingerprint density at radius 2 is 2.35 bits per heavy atom. The van der Waals surface area contributed by atoms with Crippen molar-refractivity contribution in [3.8, 4) is 11.5 Å². The van der Waals surface area contributed by atoms with Crippen LogP contribution in [0.3, 0.4) is 0 Å². The van der Waals surface area contributed by atoms with Crippen LogP contribution in [0.1, 0.15) is 35.8 Å². The molecule has 3 aromatic rings. The van der Waals surface area contributed by atoms with E-state index in [0.29, 0.717) is 53.5 Å². The zero-order valence-electron chi connectivity index (χ0n) is 14.9. The molecule has 3 aromatic heterocycles. The first-order chi connectivity index (χ1) is 12.7. The lowest BCUT2D eigenvalue weighted by Gasteiger charge is -2.32. The number of pyridine rings is 1. The topological polar surface area (TPSA) is 81.6 Å². The quantitative estimate of drug-likeness (QED) is 0.713. The monoisotopic (exact) mass is 355 g/mol. The Bertz CT molecular complexity index is 914. The predicted octanol–water partition coefficient (Wildman–Crippen LogP) is 3.43. The van der Waals surface area contributed by atoms with Crippen molar-refractivity contribution in [1.82, 2.24) is 15.0 Å². The fourth-order valence-corrected chi connectivity index (χ4v) is 3.48. The van der Waals surface area contributed by atoms with Gasteiger partial charge in [0.1, 0.15) is 5.69 Å². The third-order valence-electron chi connectivity index (χ3n) is 4.69. The molecule has 0 bridgehead atoms. The second-order valence-electron chi connectivity index (χ2n) is 6.45. The molecule has 0 radical (unpaired) electrons. The molecule has 4 heterocycles. The summed E-state index contributed by atoms with van der Waals surface area (Å²) in [4.78, 5) is 19.6. The van der Waals surface area contributed by atoms with E-state index in [1.54, 1.807) is 24.5 Å². The number of amides is 1. The Labute approximate surface area is 150 Å². The molecule has 1 atom stereocenters. The molecule has 0 saturated carbocycles. The summed E-state index contributed by atoms with van der Waals surface area (Å²) in [6.45, 7) is 5.75. The third kappa shape index (κ3) is 2.99. The van der Waals surface area contributed by atoms with E-state index in [2.05, 4.69) is 10.1 Å². The number of aromatic nitrogens is 2. The Hall–Kier alpha value is -2.67. The van der Waals surface area contributed by atoms with E-state index in [1.165, 1.54) is 0 Å². The van der Waals surface area contributed by atoms with Gasteiger partial charge >= 0.3 is 0 Å². The molecule has 7 nitrogen and oxygen atoms in total. The van der Waals surface area contributed by atoms with Gasteiger partial charge in [0.15, 0.2) is 5.76 Å². The first kappa shape index (κ1) is 16.8. The molecule has 4 rings (SSSR count). The molecule has 1 aliphatic heterocycles. The summed E-state index contributed by atoms with van der Waals surface area (Å²) in [5, 5.41) is 4.64. The molecule has 136 valence electrons. The minimum Gasteiger partial charge on any atom is -0.463 e. The van der Waals surface area contributed by atoms with Gasteiger partial charge in [-0.3, -0.25) is 4.79 Å². The van der Waals surface area contributed by atoms with Crippen LogP contribution in [0.15, 0.2) is 33.4 Å². The maximum Gasteiger partial charge on any atom is 0.259 e. The average Bonchev–Trinajstić information content (AvgIpc) is 3.31. The highest BCUT2D eigenvalue weighted by molar-refractivity contribution is 6.06. The number of nitrogens with zero attached hydrogens (tertiary/aromatic N) is 3. The zero-order valence-corrected chi connectivity index (χ0v) is 14.9. The number of carbonyl (C=O) groups is 1. The van der Waals surface area contributed by atoms with Gasteiger partial charge in [-0.25, -0.2) is 4.98 Å². The predicted molar refractivity (Wildman–Crippen MR) is 94.8 cm³/mol. The Morgan fingerprint density at radius 3 is 3.12 bits per heavy atom. The molecule has 7 heteroatoms. The molecule has 1 fully saturated rings. The van der Waals surface area contributed by atoms with E-state index < -0.39 is 0 Å². The summed E-state index contributed by atoms with van der Waals surface area (Å²) in [7, 11) is 0. The van der Waals surface area contributed by atoms with Gasteiger partial charge in [-0.2, -0.15) is 0 Å². The Balaban J connectivity index is 1.74. The lowest BCUT2D eigenvalue weighted by Crippen LogP contribution is -2.43. The summed E-state index contributed by atoms with van der Waals surface area (Å²) in [6.07, 6.45) is 3.57. The summed E-state index contributed by atoms with van der Waals surface area (Å²) in [5.74, 6) is 0.529. The Morgan fingerprint density at radius 1 is 1.46 bits per heavy atom. The van der Waals surface area contributed by atoms with Crippen molar-refractivity contribution in [2.75, 3.05) is 19.7 Å². The number of furan rings is 1. The minimum absolute atomic E-state index is 0.0547. The first-order valence-corrected chi connectivity index (χ1v) is 8.89. The van der Waals surface area contributed by atoms with E-state index in [0.717, 1.165) is 12.8 Å². The summed E-state index contributed by atoms with van der Waals surface area (Å²) in [6, 6.07) is 5.35. The first-order valence-electron chi connectivity index (χ1n) is 8.89. The lowest BCUT2D eigenvalue weighted by atomic mass is 10.0. The van der Waals surface area contributed by atoms with E-state index >= 15 is 0 Å². The summed E-state index contributed by atoms with van der Waals surface area (Å²) >= 11 is 0. The fraction of sp³-hybridized carbons (Fsp3) is 0.421. The van der Waals surface area contributed by atoms with Crippen LogP contribution in [0.5, 0.6) is 0 Å². The zero-order chi connectivity index (χ0) is 18.1. The molecule has 1 saturated heterocycles. The molecule has 26 heavy (non-hydrogen) atoms. The van der Waals surface area contributed by atoms with Gasteiger partial charge < -0.3 is 18.6 Å². The molecule has 1 amide bonds. The number of likely N-dealkylation sites (tertiary alicyclic amines) is 1. The molecule has 0 aliphatic carbocycles. The number of carbonyl (C=O) groups excluding carboxylic acids is 1. The highest BCUT2D eigenvalue weighted by Gasteiger charge is 2.28. The van der Waals surface area contributed by atoms with Gasteiger partial charge in [-0.05, 0) is 44.9 Å². The molecule has 1 unspecified atom stereocenters. The van der Waals surface area contributed by atoms with Crippen LogP contribution in [0.25, 0.3) is 22.6 Å². The van der Waals surface area contributed by atoms with E-state index in [1.807, 2.05) is 18.7 Å². The van der Waals surface area contributed by atoms with Gasteiger partial charge in [0.2, 0.25) is 0 Å². The summed E-state index contributed by atoms with van der Waals surface area (Å²) < 4.78 is 16.5. The van der Waals surface area contributed by atoms with Crippen molar-refractivity contribution in [2.45, 2.75) is 32.8 Å². The third-order valence-corrected chi connectivity index (χ3v) is 4.69. The van der Waals surface area contributed by atoms with Gasteiger partial charge in [-0.15, -0.1) is 0 Å². The van der Waals surface area contributed by atoms with Gasteiger partial charge in [0, 0.05) is 19.7 Å². The van der Waals surface area contributed by atoms with Crippen molar-refractivity contribution in [2.24, 2.45) is 0 Å². The van der Waals surface area contributed by atoms with Gasteiger partial charge in [0.25, 0.3) is 11.6 Å². The SMILES string of the molecule is CCOC1CCCN(C(=O)c2cc(-c3ccco3)nc3onc(C)c23)C1. The maximum atomic E-state index is 13.3. The second kappa shape index (κ2) is 6.92. The van der Waals surface area contributed by atoms with Crippen molar-refractivity contribution in [1.29, 1.82) is 0 Å². The molecule has 0 spiro atoms. The number of hydrogen-bond donors (Lipinski definition) is 0. The number of rotatable bonds is 4. The van der Waals surface area contributed by atoms with Crippen LogP contribution in [0, 0.1) is 6.92 Å². The molecular weight excluding hydrogens is 334 g/mol. The number of hydrogen-bond acceptors (Lipinski definition) is 6. The van der Waals surface area contributed by atoms with Crippen LogP contribution >= 0.6 is 0 Å². The van der Waals surface area contributed by atoms with E-state index in [9.17, 15) is 4.79 Å². The minimum atomic E-state index is -0.0547. The molecule has 1 aliphatic rings. The number of ether oxygens (including phenoxy) is 1. The van der Waals surface area contributed by atoms with Crippen LogP contribution < -0.4 is 0 Å². The van der Waals surface area contributed by atoms with Gasteiger partial charge in [-0.1, -0.05) is 5.16 Å². The highest BCUT2D eigenvalue weighted by atomic mass is 16.5. The molecule has 0 aromatic carbocycles. The standard InChI is InChI=1S/C19H21N3O4/c1-3-24-13-6-4-8-22(11-13)19(23)14-10-15(16-7-5-9-25-16)20-18-17(14)12(2)21-26-18/h5,7,9-10,13H,3-4,6,8,11H2,1-2H3. The fourth-order valence-electron chi connectivity index (χ4n) is 3.48. The number of fused-ring (bicyclic) bond motifs is 1. The van der Waals surface area contributed by atoms with Crippen LogP contribution in [-0.4, -0.2) is 46.7 Å². The van der Waals surface area contributed by atoms with Crippen molar-refractivity contribution in [3.05, 3.63) is 35.7 Å². The van der Waals surface area contributed by atoms with Crippen molar-refractivity contribution in [3.63, 3.8) is 0 Å². The molecular formula is C19H21N3O4. The number of piperidine rings is 1. The highest BCUT2D eigenvalue weighted by Crippen LogP contribution is 2.29. The van der Waals surface area contributed by atoms with Crippen LogP contribution in [0.4, 0.5) is 0 Å². The van der Waals surface area contributed by atoms with Crippen LogP contribution in [0.2, 0.25) is 0 Å². The molecule has 0 N–H and O–H groups in total. The van der Waals surface area contributed by atoms with Crippen molar-refractivity contribution < 1.29 is 18.5 Å². The maximum absolute atomic E-state index is 13.3. The largest absolute Gasteiger partial charge is 0.463 e. The second-order valence-corrected chi connectivity index (χ2v) is 6.45. The average molecular weight is 355 g/mol. The lowest BCUT2D eigenvalue weighted by molar-refractivity contribution is 0.00731. The smallest absolute Gasteiger partial charge is 0.259 e. The van der Waals surface area contributed by atoms with E-state index in [-0.39, 0.29) is 12.0 Å². The van der Waals surface area contributed by atoms with Crippen molar-refractivity contribution >= 4 is 17.0 Å². The van der Waals surface area contributed by atoms with E-state index in [4.69, 9.17) is 13.7 Å².